The van der Waals surface area contributed by atoms with Gasteiger partial charge < -0.3 is 14.0 Å². The van der Waals surface area contributed by atoms with Crippen LogP contribution in [0.2, 0.25) is 0 Å². The zero-order valence-electron chi connectivity index (χ0n) is 11.7. The highest BCUT2D eigenvalue weighted by Gasteiger charge is 2.11. The Morgan fingerprint density at radius 1 is 1.25 bits per heavy atom. The fourth-order valence-electron chi connectivity index (χ4n) is 1.82. The van der Waals surface area contributed by atoms with Crippen molar-refractivity contribution >= 4 is 5.78 Å². The number of rotatable bonds is 6. The lowest BCUT2D eigenvalue weighted by molar-refractivity contribution is -0.116. The molecule has 0 aliphatic rings. The molecule has 6 heteroatoms. The molecular formula is C14H16N2O4. The Morgan fingerprint density at radius 3 is 2.65 bits per heavy atom. The molecule has 1 aromatic heterocycles. The summed E-state index contributed by atoms with van der Waals surface area (Å²) in [7, 11) is 3.17. The van der Waals surface area contributed by atoms with Crippen LogP contribution >= 0.6 is 0 Å². The highest BCUT2D eigenvalue weighted by atomic mass is 16.5. The van der Waals surface area contributed by atoms with E-state index < -0.39 is 0 Å². The molecular weight excluding hydrogens is 260 g/mol. The van der Waals surface area contributed by atoms with Gasteiger partial charge in [0, 0.05) is 6.42 Å². The number of carbonyl (C=O) groups is 1. The van der Waals surface area contributed by atoms with E-state index in [1.54, 1.807) is 14.2 Å². The molecule has 0 aliphatic carbocycles. The van der Waals surface area contributed by atoms with Crippen molar-refractivity contribution in [3.05, 3.63) is 35.5 Å². The minimum atomic E-state index is -0.00804. The Hall–Kier alpha value is -2.37. The topological polar surface area (TPSA) is 74.5 Å². The summed E-state index contributed by atoms with van der Waals surface area (Å²) in [4.78, 5) is 15.1. The Balaban J connectivity index is 2.13. The third kappa shape index (κ3) is 3.34. The SMILES string of the molecule is COc1ccc(Cc2noc(CC(C)=O)n2)cc1OC. The molecule has 1 heterocycles. The van der Waals surface area contributed by atoms with Gasteiger partial charge in [-0.15, -0.1) is 0 Å². The second-order valence-corrected chi connectivity index (χ2v) is 4.35. The van der Waals surface area contributed by atoms with Gasteiger partial charge in [-0.2, -0.15) is 4.98 Å². The summed E-state index contributed by atoms with van der Waals surface area (Å²) in [6, 6.07) is 5.59. The second-order valence-electron chi connectivity index (χ2n) is 4.35. The molecule has 0 atom stereocenters. The van der Waals surface area contributed by atoms with Gasteiger partial charge >= 0.3 is 0 Å². The molecule has 0 N–H and O–H groups in total. The minimum absolute atomic E-state index is 0.00804. The summed E-state index contributed by atoms with van der Waals surface area (Å²) in [6.45, 7) is 1.48. The van der Waals surface area contributed by atoms with E-state index >= 15 is 0 Å². The van der Waals surface area contributed by atoms with Crippen LogP contribution in [0.4, 0.5) is 0 Å². The van der Waals surface area contributed by atoms with Gasteiger partial charge in [-0.3, -0.25) is 4.79 Å². The molecule has 1 aromatic carbocycles. The number of hydrogen-bond donors (Lipinski definition) is 0. The van der Waals surface area contributed by atoms with Crippen LogP contribution in [-0.4, -0.2) is 30.1 Å². The standard InChI is InChI=1S/C14H16N2O4/c1-9(17)6-14-15-13(16-20-14)8-10-4-5-11(18-2)12(7-10)19-3/h4-5,7H,6,8H2,1-3H3. The van der Waals surface area contributed by atoms with Gasteiger partial charge in [0.05, 0.1) is 20.6 Å². The summed E-state index contributed by atoms with van der Waals surface area (Å²) >= 11 is 0. The second kappa shape index (κ2) is 6.18. The average molecular weight is 276 g/mol. The molecule has 0 saturated carbocycles. The first kappa shape index (κ1) is 14.0. The number of nitrogens with zero attached hydrogens (tertiary/aromatic N) is 2. The molecule has 20 heavy (non-hydrogen) atoms. The summed E-state index contributed by atoms with van der Waals surface area (Å²) in [6.07, 6.45) is 0.667. The molecule has 0 saturated heterocycles. The quantitative estimate of drug-likeness (QED) is 0.801. The van der Waals surface area contributed by atoms with E-state index in [1.165, 1.54) is 6.92 Å². The van der Waals surface area contributed by atoms with Crippen LogP contribution in [-0.2, 0) is 17.6 Å². The molecule has 2 rings (SSSR count). The Bertz CT molecular complexity index is 607. The van der Waals surface area contributed by atoms with Crippen molar-refractivity contribution in [1.29, 1.82) is 0 Å². The van der Waals surface area contributed by atoms with Crippen molar-refractivity contribution in [1.82, 2.24) is 10.1 Å². The molecule has 0 amide bonds. The van der Waals surface area contributed by atoms with Crippen LogP contribution in [0.25, 0.3) is 0 Å². The van der Waals surface area contributed by atoms with Gasteiger partial charge in [0.1, 0.15) is 5.78 Å². The first-order chi connectivity index (χ1) is 9.62. The Labute approximate surface area is 116 Å². The van der Waals surface area contributed by atoms with Crippen molar-refractivity contribution in [3.8, 4) is 11.5 Å². The van der Waals surface area contributed by atoms with Crippen LogP contribution in [0.1, 0.15) is 24.2 Å². The van der Waals surface area contributed by atoms with Crippen LogP contribution in [0.15, 0.2) is 22.7 Å². The highest BCUT2D eigenvalue weighted by Crippen LogP contribution is 2.28. The van der Waals surface area contributed by atoms with Crippen molar-refractivity contribution in [2.24, 2.45) is 0 Å². The number of ketones is 1. The van der Waals surface area contributed by atoms with Crippen LogP contribution in [0, 0.1) is 0 Å². The van der Waals surface area contributed by atoms with Crippen molar-refractivity contribution in [2.45, 2.75) is 19.8 Å². The summed E-state index contributed by atoms with van der Waals surface area (Å²) < 4.78 is 15.4. The molecule has 0 fully saturated rings. The predicted octanol–water partition coefficient (Wildman–Crippen LogP) is 1.81. The number of hydrogen-bond acceptors (Lipinski definition) is 6. The molecule has 0 bridgehead atoms. The van der Waals surface area contributed by atoms with Crippen LogP contribution in [0.5, 0.6) is 11.5 Å². The van der Waals surface area contributed by atoms with Crippen molar-refractivity contribution < 1.29 is 18.8 Å². The van der Waals surface area contributed by atoms with Gasteiger partial charge in [0.15, 0.2) is 17.3 Å². The number of ether oxygens (including phenoxy) is 2. The zero-order valence-corrected chi connectivity index (χ0v) is 11.7. The molecule has 0 aliphatic heterocycles. The van der Waals surface area contributed by atoms with Gasteiger partial charge in [-0.1, -0.05) is 11.2 Å². The third-order valence-electron chi connectivity index (χ3n) is 2.72. The van der Waals surface area contributed by atoms with Crippen LogP contribution in [0.3, 0.4) is 0 Å². The lowest BCUT2D eigenvalue weighted by Gasteiger charge is -2.08. The molecule has 0 radical (unpaired) electrons. The molecule has 2 aromatic rings. The monoisotopic (exact) mass is 276 g/mol. The van der Waals surface area contributed by atoms with E-state index in [2.05, 4.69) is 10.1 Å². The normalized spacial score (nSPS) is 10.3. The number of carbonyl (C=O) groups excluding carboxylic acids is 1. The summed E-state index contributed by atoms with van der Waals surface area (Å²) in [5.41, 5.74) is 0.970. The van der Waals surface area contributed by atoms with Gasteiger partial charge in [-0.25, -0.2) is 0 Å². The first-order valence-electron chi connectivity index (χ1n) is 6.14. The van der Waals surface area contributed by atoms with Crippen molar-refractivity contribution in [2.75, 3.05) is 14.2 Å². The van der Waals surface area contributed by atoms with Gasteiger partial charge in [0.25, 0.3) is 0 Å². The molecule has 6 nitrogen and oxygen atoms in total. The van der Waals surface area contributed by atoms with Gasteiger partial charge in [0.2, 0.25) is 5.89 Å². The summed E-state index contributed by atoms with van der Waals surface area (Å²) in [5, 5.41) is 3.85. The molecule has 0 spiro atoms. The first-order valence-corrected chi connectivity index (χ1v) is 6.14. The van der Waals surface area contributed by atoms with Crippen molar-refractivity contribution in [3.63, 3.8) is 0 Å². The van der Waals surface area contributed by atoms with Crippen LogP contribution < -0.4 is 9.47 Å². The predicted molar refractivity (Wildman–Crippen MR) is 71.0 cm³/mol. The number of Topliss-reactive ketones (excluding diaryl/α,β-unsaturated/α-hetero) is 1. The Morgan fingerprint density at radius 2 is 2.00 bits per heavy atom. The maximum atomic E-state index is 11.0. The van der Waals surface area contributed by atoms with Gasteiger partial charge in [-0.05, 0) is 24.6 Å². The maximum absolute atomic E-state index is 11.0. The highest BCUT2D eigenvalue weighted by molar-refractivity contribution is 5.77. The molecule has 0 unspecified atom stereocenters. The maximum Gasteiger partial charge on any atom is 0.234 e. The fourth-order valence-corrected chi connectivity index (χ4v) is 1.82. The lowest BCUT2D eigenvalue weighted by atomic mass is 10.1. The van der Waals surface area contributed by atoms with E-state index in [0.29, 0.717) is 29.6 Å². The van der Waals surface area contributed by atoms with E-state index in [9.17, 15) is 4.79 Å². The fraction of sp³-hybridized carbons (Fsp3) is 0.357. The largest absolute Gasteiger partial charge is 0.493 e. The number of aromatic nitrogens is 2. The van der Waals surface area contributed by atoms with E-state index in [0.717, 1.165) is 5.56 Å². The third-order valence-corrected chi connectivity index (χ3v) is 2.72. The zero-order chi connectivity index (χ0) is 14.5. The Kier molecular flexibility index (Phi) is 4.34. The smallest absolute Gasteiger partial charge is 0.234 e. The van der Waals surface area contributed by atoms with E-state index in [1.807, 2.05) is 18.2 Å². The van der Waals surface area contributed by atoms with E-state index in [-0.39, 0.29) is 12.2 Å². The molecule has 106 valence electrons. The average Bonchev–Trinajstić information content (AvgIpc) is 2.85. The minimum Gasteiger partial charge on any atom is -0.493 e. The lowest BCUT2D eigenvalue weighted by Crippen LogP contribution is -1.97. The van der Waals surface area contributed by atoms with E-state index in [4.69, 9.17) is 14.0 Å². The summed E-state index contributed by atoms with van der Waals surface area (Å²) in [5.74, 6) is 2.19. The number of benzene rings is 1. The number of methoxy groups -OCH3 is 2.